The number of hydrogen-bond acceptors (Lipinski definition) is 18. The van der Waals surface area contributed by atoms with E-state index in [0.717, 1.165) is 0 Å². The molecule has 18 nitrogen and oxygen atoms in total. The van der Waals surface area contributed by atoms with Crippen LogP contribution in [0.3, 0.4) is 0 Å². The average molecular weight is 1040 g/mol. The second kappa shape index (κ2) is 40.0. The fourth-order valence-electron chi connectivity index (χ4n) is 5.13. The van der Waals surface area contributed by atoms with E-state index < -0.39 is 75.5 Å². The van der Waals surface area contributed by atoms with Gasteiger partial charge in [-0.2, -0.15) is 52.7 Å². The first-order chi connectivity index (χ1) is 32.4. The Morgan fingerprint density at radius 1 is 0.191 bits per heavy atom. The van der Waals surface area contributed by atoms with E-state index in [9.17, 15) is 52.7 Å². The average Bonchev–Trinajstić information content (AvgIpc) is 3.25. The monoisotopic (exact) mass is 1040 g/mol. The molecule has 0 aromatic carbocycles. The van der Waals surface area contributed by atoms with Crippen LogP contribution >= 0.6 is 0 Å². The van der Waals surface area contributed by atoms with Crippen LogP contribution in [0.5, 0.6) is 0 Å². The van der Waals surface area contributed by atoms with Crippen molar-refractivity contribution in [2.24, 2.45) is 0 Å². The first-order valence-corrected chi connectivity index (χ1v) is 21.2. The number of ether oxygens (including phenoxy) is 16. The van der Waals surface area contributed by atoms with Gasteiger partial charge in [0, 0.05) is 0 Å². The number of rotatable bonds is 49. The molecule has 0 radical (unpaired) electrons. The molecule has 0 aromatic rings. The van der Waals surface area contributed by atoms with E-state index in [2.05, 4.69) is 9.47 Å². The highest BCUT2D eigenvalue weighted by atomic mass is 19.4. The zero-order valence-electron chi connectivity index (χ0n) is 37.6. The third kappa shape index (κ3) is 28.5. The van der Waals surface area contributed by atoms with Crippen molar-refractivity contribution in [1.29, 1.82) is 0 Å². The molecule has 0 aliphatic heterocycles. The van der Waals surface area contributed by atoms with E-state index in [1.807, 2.05) is 0 Å². The Morgan fingerprint density at radius 3 is 0.426 bits per heavy atom. The highest BCUT2D eigenvalue weighted by Crippen LogP contribution is 2.63. The molecule has 0 fully saturated rings. The van der Waals surface area contributed by atoms with E-state index in [4.69, 9.17) is 76.5 Å². The van der Waals surface area contributed by atoms with Crippen molar-refractivity contribution in [3.63, 3.8) is 0 Å². The lowest BCUT2D eigenvalue weighted by Crippen LogP contribution is -2.82. The molecule has 0 heterocycles. The van der Waals surface area contributed by atoms with Crippen molar-refractivity contribution in [3.05, 3.63) is 0 Å². The lowest BCUT2D eigenvalue weighted by Gasteiger charge is -2.50. The van der Waals surface area contributed by atoms with Gasteiger partial charge >= 0.3 is 35.9 Å². The molecular weight excluding hydrogens is 972 g/mol. The van der Waals surface area contributed by atoms with Crippen molar-refractivity contribution >= 4 is 0 Å². The van der Waals surface area contributed by atoms with Crippen LogP contribution in [-0.2, 0) is 75.8 Å². The van der Waals surface area contributed by atoms with Crippen LogP contribution in [0, 0.1) is 0 Å². The first kappa shape index (κ1) is 66.4. The largest absolute Gasteiger partial charge is 0.430 e. The van der Waals surface area contributed by atoms with Crippen molar-refractivity contribution < 1.29 is 139 Å². The van der Waals surface area contributed by atoms with Gasteiger partial charge in [-0.05, 0) is 0 Å². The van der Waals surface area contributed by atoms with Gasteiger partial charge < -0.3 is 86.0 Å². The molecule has 30 heteroatoms. The number of aliphatic hydroxyl groups is 2. The summed E-state index contributed by atoms with van der Waals surface area (Å²) in [6.45, 7) is -4.11. The second-order valence-electron chi connectivity index (χ2n) is 13.1. The van der Waals surface area contributed by atoms with Crippen molar-refractivity contribution in [2.45, 2.75) is 35.9 Å². The zero-order chi connectivity index (χ0) is 50.9. The van der Waals surface area contributed by atoms with E-state index in [1.54, 1.807) is 0 Å². The van der Waals surface area contributed by atoms with E-state index >= 15 is 0 Å². The van der Waals surface area contributed by atoms with Crippen LogP contribution in [0.1, 0.15) is 0 Å². The highest BCUT2D eigenvalue weighted by molar-refractivity contribution is 5.19. The summed E-state index contributed by atoms with van der Waals surface area (Å²) < 4.78 is 250. The standard InChI is InChI=1S/C38H66F12O18/c39-35(40,41)33(36(42,43)44,67-31-29-65-27-25-63-23-21-61-19-17-59-15-13-57-11-9-55-7-5-53-3-1-51)34(37(45,46)47,38(48,49)50)68-32-30-66-28-26-64-24-22-62-20-18-60-16-14-58-12-10-56-8-6-54-4-2-52/h51-52H,1-32H2. The third-order valence-electron chi connectivity index (χ3n) is 8.12. The normalized spacial score (nSPS) is 13.3. The Kier molecular flexibility index (Phi) is 39.1. The minimum Gasteiger partial charge on any atom is -0.394 e. The first-order valence-electron chi connectivity index (χ1n) is 21.2. The van der Waals surface area contributed by atoms with Gasteiger partial charge in [0.25, 0.3) is 0 Å². The Labute approximate surface area is 386 Å². The highest BCUT2D eigenvalue weighted by Gasteiger charge is 2.96. The molecule has 0 amide bonds. The Hall–Kier alpha value is -1.56. The van der Waals surface area contributed by atoms with Crippen LogP contribution in [0.4, 0.5) is 52.7 Å². The van der Waals surface area contributed by atoms with Gasteiger partial charge in [0.05, 0.1) is 211 Å². The molecule has 0 saturated heterocycles. The summed E-state index contributed by atoms with van der Waals surface area (Å²) in [5.74, 6) is 0. The molecule has 410 valence electrons. The van der Waals surface area contributed by atoms with Crippen LogP contribution in [0.2, 0.25) is 0 Å². The lowest BCUT2D eigenvalue weighted by molar-refractivity contribution is -0.510. The van der Waals surface area contributed by atoms with Gasteiger partial charge in [0.1, 0.15) is 0 Å². The molecule has 0 bridgehead atoms. The van der Waals surface area contributed by atoms with Crippen molar-refractivity contribution in [2.75, 3.05) is 211 Å². The van der Waals surface area contributed by atoms with Crippen molar-refractivity contribution in [1.82, 2.24) is 0 Å². The number of halogens is 12. The summed E-state index contributed by atoms with van der Waals surface area (Å²) in [7, 11) is 0. The molecule has 2 N–H and O–H groups in total. The summed E-state index contributed by atoms with van der Waals surface area (Å²) in [6, 6.07) is 0. The predicted octanol–water partition coefficient (Wildman–Crippen LogP) is 2.96. The lowest BCUT2D eigenvalue weighted by atomic mass is 9.78. The Balaban J connectivity index is 4.63. The van der Waals surface area contributed by atoms with Gasteiger partial charge in [-0.1, -0.05) is 0 Å². The Bertz CT molecular complexity index is 1020. The van der Waals surface area contributed by atoms with Crippen LogP contribution in [0.25, 0.3) is 0 Å². The fourth-order valence-corrected chi connectivity index (χ4v) is 5.13. The van der Waals surface area contributed by atoms with Gasteiger partial charge in [-0.3, -0.25) is 0 Å². The van der Waals surface area contributed by atoms with Gasteiger partial charge in [-0.15, -0.1) is 0 Å². The van der Waals surface area contributed by atoms with Crippen LogP contribution in [-0.4, -0.2) is 258 Å². The van der Waals surface area contributed by atoms with E-state index in [0.29, 0.717) is 52.9 Å². The topological polar surface area (TPSA) is 188 Å². The maximum Gasteiger partial charge on any atom is 0.430 e. The predicted molar refractivity (Wildman–Crippen MR) is 207 cm³/mol. The quantitative estimate of drug-likeness (QED) is 0.0668. The molecule has 68 heavy (non-hydrogen) atoms. The molecule has 0 aromatic heterocycles. The zero-order valence-corrected chi connectivity index (χ0v) is 37.6. The summed E-state index contributed by atoms with van der Waals surface area (Å²) in [4.78, 5) is 0. The molecule has 0 unspecified atom stereocenters. The summed E-state index contributed by atoms with van der Waals surface area (Å²) in [5.41, 5.74) is -14.1. The molecular formula is C38H66F12O18. The molecule has 0 saturated carbocycles. The van der Waals surface area contributed by atoms with E-state index in [1.165, 1.54) is 0 Å². The Morgan fingerprint density at radius 2 is 0.309 bits per heavy atom. The second-order valence-corrected chi connectivity index (χ2v) is 13.1. The molecule has 0 spiro atoms. The molecule has 0 aliphatic carbocycles. The van der Waals surface area contributed by atoms with Gasteiger partial charge in [-0.25, -0.2) is 0 Å². The van der Waals surface area contributed by atoms with Crippen LogP contribution < -0.4 is 0 Å². The maximum absolute atomic E-state index is 14.3. The minimum absolute atomic E-state index is 0.00731. The summed E-state index contributed by atoms with van der Waals surface area (Å²) >= 11 is 0. The van der Waals surface area contributed by atoms with Crippen molar-refractivity contribution in [3.8, 4) is 0 Å². The SMILES string of the molecule is OCCOCCOCCOCCOCCOCCOCCOCCOC(C(F)(F)F)(C(F)(F)F)C(OCCOCCOCCOCCOCCOCCOCCOCCO)(C(F)(F)F)C(F)(F)F. The fraction of sp³-hybridized carbons (Fsp3) is 1.00. The maximum atomic E-state index is 14.3. The van der Waals surface area contributed by atoms with Gasteiger partial charge in [0.15, 0.2) is 0 Å². The smallest absolute Gasteiger partial charge is 0.394 e. The molecule has 0 atom stereocenters. The number of alkyl halides is 12. The third-order valence-corrected chi connectivity index (χ3v) is 8.12. The molecule has 0 aliphatic rings. The molecule has 0 rings (SSSR count). The van der Waals surface area contributed by atoms with Crippen LogP contribution in [0.15, 0.2) is 0 Å². The summed E-state index contributed by atoms with van der Waals surface area (Å²) in [6.07, 6.45) is -29.7. The number of hydrogen-bond donors (Lipinski definition) is 2. The summed E-state index contributed by atoms with van der Waals surface area (Å²) in [5, 5.41) is 17.2. The minimum atomic E-state index is -7.42. The number of aliphatic hydroxyl groups excluding tert-OH is 2. The van der Waals surface area contributed by atoms with E-state index in [-0.39, 0.29) is 119 Å². The van der Waals surface area contributed by atoms with Gasteiger partial charge in [0.2, 0.25) is 0 Å².